The molecule has 2 aliphatic rings. The molecule has 2 aromatic rings. The lowest BCUT2D eigenvalue weighted by Crippen LogP contribution is -2.36. The van der Waals surface area contributed by atoms with Gasteiger partial charge in [-0.15, -0.1) is 0 Å². The fourth-order valence-corrected chi connectivity index (χ4v) is 4.98. The lowest BCUT2D eigenvalue weighted by molar-refractivity contribution is -0.128. The molecule has 0 spiro atoms. The summed E-state index contributed by atoms with van der Waals surface area (Å²) in [5.74, 6) is 0.528. The minimum Gasteiger partial charge on any atom is -0.342 e. The summed E-state index contributed by atoms with van der Waals surface area (Å²) in [5.41, 5.74) is 2.58. The highest BCUT2D eigenvalue weighted by Gasteiger charge is 2.52. The molecule has 4 rings (SSSR count). The fourth-order valence-electron chi connectivity index (χ4n) is 4.98. The van der Waals surface area contributed by atoms with Gasteiger partial charge in [-0.3, -0.25) is 9.69 Å². The number of benzene rings is 2. The zero-order chi connectivity index (χ0) is 20.3. The molecule has 0 radical (unpaired) electrons. The summed E-state index contributed by atoms with van der Waals surface area (Å²) < 4.78 is 13.1. The van der Waals surface area contributed by atoms with Crippen LogP contribution in [0.2, 0.25) is 0 Å². The first-order valence-electron chi connectivity index (χ1n) is 10.5. The number of hydrogen-bond acceptors (Lipinski definition) is 2. The highest BCUT2D eigenvalue weighted by molar-refractivity contribution is 5.73. The zero-order valence-corrected chi connectivity index (χ0v) is 17.1. The fraction of sp³-hybridized carbons (Fsp3) is 0.400. The normalized spacial score (nSPS) is 24.3. The monoisotopic (exact) mass is 392 g/mol. The molecule has 0 aromatic heterocycles. The minimum atomic E-state index is -0.204. The van der Waals surface area contributed by atoms with Crippen LogP contribution in [0, 0.1) is 17.2 Å². The van der Waals surface area contributed by atoms with Gasteiger partial charge in [-0.1, -0.05) is 54.6 Å². The zero-order valence-electron chi connectivity index (χ0n) is 17.1. The van der Waals surface area contributed by atoms with Crippen molar-refractivity contribution < 1.29 is 9.18 Å². The summed E-state index contributed by atoms with van der Waals surface area (Å²) in [6, 6.07) is 17.2. The van der Waals surface area contributed by atoms with Crippen molar-refractivity contribution in [2.24, 2.45) is 11.3 Å². The van der Waals surface area contributed by atoms with Gasteiger partial charge in [-0.05, 0) is 42.0 Å². The van der Waals surface area contributed by atoms with Crippen LogP contribution >= 0.6 is 0 Å². The SMILES string of the molecule is CC(=O)N1CC2CN(CC=Cc3ccc(F)cc3)CC2(CCc2ccccc2)C1. The van der Waals surface area contributed by atoms with Gasteiger partial charge in [-0.25, -0.2) is 4.39 Å². The first-order valence-corrected chi connectivity index (χ1v) is 10.5. The van der Waals surface area contributed by atoms with Gasteiger partial charge in [0.05, 0.1) is 0 Å². The number of rotatable bonds is 6. The molecule has 2 atom stereocenters. The standard InChI is InChI=1S/C25H29FN2O/c1-20(29)28-17-23-16-27(15-5-8-22-9-11-24(26)12-10-22)18-25(23,19-28)14-13-21-6-3-2-4-7-21/h2-12,23H,13-19H2,1H3. The highest BCUT2D eigenvalue weighted by Crippen LogP contribution is 2.45. The number of carbonyl (C=O) groups is 1. The Morgan fingerprint density at radius 2 is 1.86 bits per heavy atom. The van der Waals surface area contributed by atoms with Crippen molar-refractivity contribution in [2.45, 2.75) is 19.8 Å². The van der Waals surface area contributed by atoms with Crippen molar-refractivity contribution in [2.75, 3.05) is 32.7 Å². The largest absolute Gasteiger partial charge is 0.342 e. The molecule has 0 saturated carbocycles. The van der Waals surface area contributed by atoms with Crippen molar-refractivity contribution in [3.63, 3.8) is 0 Å². The van der Waals surface area contributed by atoms with Gasteiger partial charge in [0.2, 0.25) is 5.91 Å². The molecule has 2 unspecified atom stereocenters. The average molecular weight is 393 g/mol. The van der Waals surface area contributed by atoms with Crippen LogP contribution < -0.4 is 0 Å². The number of hydrogen-bond donors (Lipinski definition) is 0. The number of fused-ring (bicyclic) bond motifs is 1. The minimum absolute atomic E-state index is 0.186. The maximum absolute atomic E-state index is 13.1. The average Bonchev–Trinajstić information content (AvgIpc) is 3.23. The van der Waals surface area contributed by atoms with Crippen LogP contribution in [-0.2, 0) is 11.2 Å². The smallest absolute Gasteiger partial charge is 0.219 e. The Hall–Kier alpha value is -2.46. The number of carbonyl (C=O) groups excluding carboxylic acids is 1. The number of halogens is 1. The Morgan fingerprint density at radius 1 is 1.10 bits per heavy atom. The van der Waals surface area contributed by atoms with E-state index in [0.29, 0.717) is 5.92 Å². The van der Waals surface area contributed by atoms with E-state index in [9.17, 15) is 9.18 Å². The van der Waals surface area contributed by atoms with E-state index in [-0.39, 0.29) is 17.1 Å². The summed E-state index contributed by atoms with van der Waals surface area (Å²) in [5, 5.41) is 0. The molecule has 2 saturated heterocycles. The van der Waals surface area contributed by atoms with Gasteiger partial charge < -0.3 is 4.90 Å². The van der Waals surface area contributed by atoms with Crippen LogP contribution in [-0.4, -0.2) is 48.4 Å². The summed E-state index contributed by atoms with van der Waals surface area (Å²) >= 11 is 0. The van der Waals surface area contributed by atoms with Crippen molar-refractivity contribution >= 4 is 12.0 Å². The van der Waals surface area contributed by atoms with Crippen LogP contribution in [0.5, 0.6) is 0 Å². The van der Waals surface area contributed by atoms with Crippen molar-refractivity contribution in [1.82, 2.24) is 9.80 Å². The summed E-state index contributed by atoms with van der Waals surface area (Å²) in [7, 11) is 0. The molecule has 3 nitrogen and oxygen atoms in total. The number of amides is 1. The second-order valence-corrected chi connectivity index (χ2v) is 8.59. The van der Waals surface area contributed by atoms with Crippen LogP contribution in [0.15, 0.2) is 60.7 Å². The Bertz CT molecular complexity index is 864. The molecule has 2 aliphatic heterocycles. The molecule has 152 valence electrons. The van der Waals surface area contributed by atoms with Gasteiger partial charge >= 0.3 is 0 Å². The van der Waals surface area contributed by atoms with E-state index in [1.165, 1.54) is 17.7 Å². The Balaban J connectivity index is 1.41. The van der Waals surface area contributed by atoms with E-state index in [1.807, 2.05) is 4.90 Å². The third-order valence-corrected chi connectivity index (χ3v) is 6.57. The van der Waals surface area contributed by atoms with Gasteiger partial charge in [0.15, 0.2) is 0 Å². The number of likely N-dealkylation sites (tertiary alicyclic amines) is 2. The predicted molar refractivity (Wildman–Crippen MR) is 115 cm³/mol. The maximum atomic E-state index is 13.1. The maximum Gasteiger partial charge on any atom is 0.219 e. The summed E-state index contributed by atoms with van der Waals surface area (Å²) in [6.07, 6.45) is 6.40. The molecular formula is C25H29FN2O. The number of aryl methyl sites for hydroxylation is 1. The summed E-state index contributed by atoms with van der Waals surface area (Å²) in [6.45, 7) is 6.39. The Kier molecular flexibility index (Phi) is 5.81. The second kappa shape index (κ2) is 8.50. The molecule has 1 amide bonds. The second-order valence-electron chi connectivity index (χ2n) is 8.59. The van der Waals surface area contributed by atoms with E-state index in [2.05, 4.69) is 47.4 Å². The van der Waals surface area contributed by atoms with E-state index in [4.69, 9.17) is 0 Å². The van der Waals surface area contributed by atoms with Crippen molar-refractivity contribution in [1.29, 1.82) is 0 Å². The highest BCUT2D eigenvalue weighted by atomic mass is 19.1. The Labute approximate surface area is 172 Å². The predicted octanol–water partition coefficient (Wildman–Crippen LogP) is 4.25. The molecule has 0 aliphatic carbocycles. The number of nitrogens with zero attached hydrogens (tertiary/aromatic N) is 2. The molecule has 4 heteroatoms. The molecular weight excluding hydrogens is 363 g/mol. The van der Waals surface area contributed by atoms with Crippen LogP contribution in [0.4, 0.5) is 4.39 Å². The molecule has 29 heavy (non-hydrogen) atoms. The third kappa shape index (κ3) is 4.59. The van der Waals surface area contributed by atoms with E-state index >= 15 is 0 Å². The topological polar surface area (TPSA) is 23.6 Å². The Morgan fingerprint density at radius 3 is 2.59 bits per heavy atom. The lowest BCUT2D eigenvalue weighted by atomic mass is 9.76. The van der Waals surface area contributed by atoms with Crippen LogP contribution in [0.3, 0.4) is 0 Å². The van der Waals surface area contributed by atoms with Gasteiger partial charge in [0.25, 0.3) is 0 Å². The lowest BCUT2D eigenvalue weighted by Gasteiger charge is -2.29. The van der Waals surface area contributed by atoms with Crippen LogP contribution in [0.1, 0.15) is 24.5 Å². The van der Waals surface area contributed by atoms with Crippen LogP contribution in [0.25, 0.3) is 6.08 Å². The van der Waals surface area contributed by atoms with Gasteiger partial charge in [-0.2, -0.15) is 0 Å². The summed E-state index contributed by atoms with van der Waals surface area (Å²) in [4.78, 5) is 16.6. The molecule has 2 aromatic carbocycles. The van der Waals surface area contributed by atoms with Gasteiger partial charge in [0, 0.05) is 45.1 Å². The first-order chi connectivity index (χ1) is 14.0. The van der Waals surface area contributed by atoms with Crippen molar-refractivity contribution in [3.8, 4) is 0 Å². The van der Waals surface area contributed by atoms with E-state index < -0.39 is 0 Å². The van der Waals surface area contributed by atoms with Crippen molar-refractivity contribution in [3.05, 3.63) is 77.6 Å². The third-order valence-electron chi connectivity index (χ3n) is 6.57. The first kappa shape index (κ1) is 19.8. The van der Waals surface area contributed by atoms with E-state index in [0.717, 1.165) is 51.1 Å². The van der Waals surface area contributed by atoms with Gasteiger partial charge in [0.1, 0.15) is 5.82 Å². The molecule has 2 fully saturated rings. The van der Waals surface area contributed by atoms with E-state index in [1.54, 1.807) is 19.1 Å². The molecule has 0 N–H and O–H groups in total. The molecule has 0 bridgehead atoms. The molecule has 2 heterocycles. The quantitative estimate of drug-likeness (QED) is 0.734.